The Labute approximate surface area is 100 Å². The first-order chi connectivity index (χ1) is 7.06. The minimum absolute atomic E-state index is 0.0871. The fourth-order valence-corrected chi connectivity index (χ4v) is 4.66. The SMILES string of the molecule is CCOC(=O)CCp1cc(C)c(C)c1Br. The number of esters is 1. The van der Waals surface area contributed by atoms with E-state index in [1.54, 1.807) is 0 Å². The molecule has 2 nitrogen and oxygen atoms in total. The monoisotopic (exact) mass is 290 g/mol. The number of hydrogen-bond acceptors (Lipinski definition) is 2. The number of rotatable bonds is 4. The smallest absolute Gasteiger partial charge is 0.306 e. The van der Waals surface area contributed by atoms with Gasteiger partial charge in [0.2, 0.25) is 0 Å². The molecule has 0 aliphatic rings. The zero-order valence-electron chi connectivity index (χ0n) is 9.34. The largest absolute Gasteiger partial charge is 0.466 e. The fourth-order valence-electron chi connectivity index (χ4n) is 1.37. The van der Waals surface area contributed by atoms with Crippen LogP contribution in [0.5, 0.6) is 0 Å². The van der Waals surface area contributed by atoms with Crippen molar-refractivity contribution < 1.29 is 9.53 Å². The van der Waals surface area contributed by atoms with Gasteiger partial charge in [0.05, 0.1) is 13.0 Å². The van der Waals surface area contributed by atoms with Crippen LogP contribution in [0.25, 0.3) is 0 Å². The molecular weight excluding hydrogens is 275 g/mol. The van der Waals surface area contributed by atoms with Gasteiger partial charge in [0, 0.05) is 4.20 Å². The van der Waals surface area contributed by atoms with E-state index in [2.05, 4.69) is 35.6 Å². The molecule has 0 radical (unpaired) electrons. The van der Waals surface area contributed by atoms with Crippen molar-refractivity contribution in [2.24, 2.45) is 0 Å². The van der Waals surface area contributed by atoms with Crippen molar-refractivity contribution in [3.63, 3.8) is 0 Å². The molecule has 0 amide bonds. The van der Waals surface area contributed by atoms with Gasteiger partial charge in [0.25, 0.3) is 0 Å². The molecule has 0 spiro atoms. The highest BCUT2D eigenvalue weighted by atomic mass is 79.9. The van der Waals surface area contributed by atoms with Crippen molar-refractivity contribution in [3.05, 3.63) is 21.1 Å². The Morgan fingerprint density at radius 1 is 1.53 bits per heavy atom. The lowest BCUT2D eigenvalue weighted by atomic mass is 10.2. The zero-order valence-corrected chi connectivity index (χ0v) is 11.8. The van der Waals surface area contributed by atoms with Crippen LogP contribution in [0.3, 0.4) is 0 Å². The minimum atomic E-state index is -0.295. The average Bonchev–Trinajstić information content (AvgIpc) is 2.43. The van der Waals surface area contributed by atoms with Crippen molar-refractivity contribution in [3.8, 4) is 0 Å². The topological polar surface area (TPSA) is 26.3 Å². The van der Waals surface area contributed by atoms with E-state index in [9.17, 15) is 4.79 Å². The van der Waals surface area contributed by atoms with Crippen molar-refractivity contribution in [2.75, 3.05) is 6.61 Å². The van der Waals surface area contributed by atoms with E-state index in [1.165, 1.54) is 15.3 Å². The molecule has 0 aromatic carbocycles. The first kappa shape index (κ1) is 12.8. The highest BCUT2D eigenvalue weighted by Crippen LogP contribution is 2.45. The van der Waals surface area contributed by atoms with Crippen LogP contribution in [-0.2, 0) is 15.7 Å². The molecular formula is C11H16BrO2P. The summed E-state index contributed by atoms with van der Waals surface area (Å²) in [6.07, 6.45) is 1.41. The minimum Gasteiger partial charge on any atom is -0.466 e. The molecule has 1 heterocycles. The number of ether oxygens (including phenoxy) is 1. The van der Waals surface area contributed by atoms with Crippen molar-refractivity contribution >= 4 is 29.4 Å². The van der Waals surface area contributed by atoms with Crippen molar-refractivity contribution in [1.82, 2.24) is 0 Å². The molecule has 1 aromatic heterocycles. The van der Waals surface area contributed by atoms with Gasteiger partial charge in [0.15, 0.2) is 0 Å². The van der Waals surface area contributed by atoms with Crippen LogP contribution < -0.4 is 0 Å². The number of carbonyl (C=O) groups is 1. The molecule has 1 aromatic rings. The zero-order chi connectivity index (χ0) is 11.4. The lowest BCUT2D eigenvalue weighted by Gasteiger charge is -2.02. The number of halogens is 1. The van der Waals surface area contributed by atoms with Gasteiger partial charge < -0.3 is 4.74 Å². The van der Waals surface area contributed by atoms with Crippen molar-refractivity contribution in [1.29, 1.82) is 0 Å². The second-order valence-corrected chi connectivity index (χ2v) is 6.97. The second kappa shape index (κ2) is 5.72. The van der Waals surface area contributed by atoms with E-state index in [4.69, 9.17) is 4.74 Å². The van der Waals surface area contributed by atoms with Gasteiger partial charge in [-0.25, -0.2) is 0 Å². The summed E-state index contributed by atoms with van der Waals surface area (Å²) < 4.78 is 6.19. The Hall–Kier alpha value is -0.270. The van der Waals surface area contributed by atoms with Gasteiger partial charge in [-0.2, -0.15) is 0 Å². The summed E-state index contributed by atoms with van der Waals surface area (Å²) in [5.74, 6) is 2.18. The Kier molecular flexibility index (Phi) is 4.88. The maximum absolute atomic E-state index is 11.2. The molecule has 0 bridgehead atoms. The lowest BCUT2D eigenvalue weighted by molar-refractivity contribution is -0.142. The molecule has 0 aliphatic carbocycles. The van der Waals surface area contributed by atoms with Gasteiger partial charge in [-0.15, -0.1) is 7.53 Å². The Morgan fingerprint density at radius 2 is 2.20 bits per heavy atom. The highest BCUT2D eigenvalue weighted by Gasteiger charge is 2.09. The molecule has 0 fully saturated rings. The first-order valence-electron chi connectivity index (χ1n) is 5.03. The number of carbonyl (C=O) groups excluding carboxylic acids is 1. The third-order valence-electron chi connectivity index (χ3n) is 2.36. The predicted molar refractivity (Wildman–Crippen MR) is 67.6 cm³/mol. The maximum Gasteiger partial charge on any atom is 0.306 e. The van der Waals surface area contributed by atoms with E-state index < -0.39 is 0 Å². The quantitative estimate of drug-likeness (QED) is 0.784. The van der Waals surface area contributed by atoms with E-state index in [0.29, 0.717) is 13.0 Å². The van der Waals surface area contributed by atoms with Gasteiger partial charge in [-0.3, -0.25) is 4.79 Å². The second-order valence-electron chi connectivity index (χ2n) is 3.48. The number of aryl methyl sites for hydroxylation is 2. The first-order valence-corrected chi connectivity index (χ1v) is 7.42. The Morgan fingerprint density at radius 3 is 2.67 bits per heavy atom. The summed E-state index contributed by atoms with van der Waals surface area (Å²) in [5.41, 5.74) is 2.65. The summed E-state index contributed by atoms with van der Waals surface area (Å²) in [5, 5.41) is 0. The van der Waals surface area contributed by atoms with Crippen LogP contribution in [0.1, 0.15) is 24.5 Å². The molecule has 0 N–H and O–H groups in total. The molecule has 0 saturated carbocycles. The Balaban J connectivity index is 2.58. The van der Waals surface area contributed by atoms with E-state index in [1.807, 2.05) is 6.92 Å². The summed E-state index contributed by atoms with van der Waals surface area (Å²) >= 11 is 3.60. The molecule has 4 heteroatoms. The van der Waals surface area contributed by atoms with Gasteiger partial charge >= 0.3 is 5.97 Å². The molecule has 84 valence electrons. The van der Waals surface area contributed by atoms with Crippen LogP contribution in [0.15, 0.2) is 10.0 Å². The van der Waals surface area contributed by atoms with Crippen molar-refractivity contribution in [2.45, 2.75) is 33.4 Å². The van der Waals surface area contributed by atoms with Gasteiger partial charge in [-0.1, -0.05) is 0 Å². The van der Waals surface area contributed by atoms with E-state index >= 15 is 0 Å². The van der Waals surface area contributed by atoms with Gasteiger partial charge in [0.1, 0.15) is 0 Å². The van der Waals surface area contributed by atoms with Crippen LogP contribution in [-0.4, -0.2) is 12.6 Å². The summed E-state index contributed by atoms with van der Waals surface area (Å²) in [6, 6.07) is 0. The van der Waals surface area contributed by atoms with Crippen LogP contribution in [0, 0.1) is 13.8 Å². The lowest BCUT2D eigenvalue weighted by Crippen LogP contribution is -2.03. The molecule has 0 saturated heterocycles. The van der Waals surface area contributed by atoms with Crippen LogP contribution in [0.2, 0.25) is 0 Å². The number of hydrogen-bond donors (Lipinski definition) is 0. The van der Waals surface area contributed by atoms with Gasteiger partial charge in [-0.05, 0) is 59.8 Å². The van der Waals surface area contributed by atoms with E-state index in [0.717, 1.165) is 6.16 Å². The summed E-state index contributed by atoms with van der Waals surface area (Å²) in [4.78, 5) is 11.2. The van der Waals surface area contributed by atoms with Crippen LogP contribution in [0.4, 0.5) is 0 Å². The third kappa shape index (κ3) is 3.35. The summed E-state index contributed by atoms with van der Waals surface area (Å²) in [6.45, 7) is 6.54. The fraction of sp³-hybridized carbons (Fsp3) is 0.545. The highest BCUT2D eigenvalue weighted by molar-refractivity contribution is 9.11. The molecule has 1 rings (SSSR count). The normalized spacial score (nSPS) is 11.6. The molecule has 0 aliphatic heterocycles. The predicted octanol–water partition coefficient (Wildman–Crippen LogP) is 4.01. The molecule has 1 unspecified atom stereocenters. The average molecular weight is 291 g/mol. The molecule has 15 heavy (non-hydrogen) atoms. The van der Waals surface area contributed by atoms with E-state index in [-0.39, 0.29) is 13.5 Å². The van der Waals surface area contributed by atoms with Crippen LogP contribution >= 0.6 is 23.5 Å². The maximum atomic E-state index is 11.2. The standard InChI is InChI=1S/C11H16BrO2P/c1-4-14-10(13)5-6-15-7-8(2)9(3)11(15)12/h7H,4-6H2,1-3H3. The third-order valence-corrected chi connectivity index (χ3v) is 6.57. The molecule has 1 atom stereocenters. The Bertz CT molecular complexity index is 358. The summed E-state index contributed by atoms with van der Waals surface area (Å²) in [7, 11) is -0.295.